The number of benzene rings is 1. The molecule has 96 valence electrons. The topological polar surface area (TPSA) is 52.5 Å². The van der Waals surface area contributed by atoms with Gasteiger partial charge in [0.25, 0.3) is 0 Å². The fraction of sp³-hybridized carbons (Fsp3) is 0.538. The third kappa shape index (κ3) is 3.49. The molecule has 1 aromatic carbocycles. The molecule has 0 fully saturated rings. The summed E-state index contributed by atoms with van der Waals surface area (Å²) in [7, 11) is 0. The molecule has 0 aliphatic carbocycles. The molecule has 3 N–H and O–H groups in total. The fourth-order valence-corrected chi connectivity index (χ4v) is 1.63. The van der Waals surface area contributed by atoms with E-state index in [0.29, 0.717) is 18.5 Å². The monoisotopic (exact) mass is 241 g/mol. The highest BCUT2D eigenvalue weighted by molar-refractivity contribution is 5.24. The maximum atomic E-state index is 13.5. The smallest absolute Gasteiger partial charge is 0.127 e. The third-order valence-corrected chi connectivity index (χ3v) is 3.14. The lowest BCUT2D eigenvalue weighted by Gasteiger charge is -2.30. The van der Waals surface area contributed by atoms with Crippen molar-refractivity contribution >= 4 is 0 Å². The van der Waals surface area contributed by atoms with Crippen molar-refractivity contribution in [2.45, 2.75) is 32.4 Å². The van der Waals surface area contributed by atoms with Crippen LogP contribution in [0.1, 0.15) is 24.5 Å². The van der Waals surface area contributed by atoms with E-state index in [2.05, 4.69) is 5.32 Å². The van der Waals surface area contributed by atoms with Crippen LogP contribution in [-0.4, -0.2) is 29.0 Å². The molecule has 1 rings (SSSR count). The molecule has 0 bridgehead atoms. The number of nitrogens with one attached hydrogen (secondary N) is 1. The summed E-state index contributed by atoms with van der Waals surface area (Å²) in [6.45, 7) is 3.71. The number of aliphatic hydroxyl groups is 2. The molecule has 0 radical (unpaired) electrons. The van der Waals surface area contributed by atoms with Crippen molar-refractivity contribution in [1.82, 2.24) is 5.32 Å². The van der Waals surface area contributed by atoms with E-state index in [1.165, 1.54) is 6.07 Å². The maximum absolute atomic E-state index is 13.5. The van der Waals surface area contributed by atoms with Crippen molar-refractivity contribution in [3.63, 3.8) is 0 Å². The van der Waals surface area contributed by atoms with Crippen molar-refractivity contribution < 1.29 is 14.6 Å². The molecular formula is C13H20FNO2. The normalized spacial score (nSPS) is 11.8. The summed E-state index contributed by atoms with van der Waals surface area (Å²) in [5, 5.41) is 21.6. The minimum absolute atomic E-state index is 0.173. The Morgan fingerprint density at radius 2 is 1.94 bits per heavy atom. The Kier molecular flexibility index (Phi) is 5.05. The van der Waals surface area contributed by atoms with Crippen molar-refractivity contribution in [3.8, 4) is 0 Å². The van der Waals surface area contributed by atoms with Crippen molar-refractivity contribution in [3.05, 3.63) is 35.1 Å². The molecule has 4 heteroatoms. The Balaban J connectivity index is 2.75. The quantitative estimate of drug-likeness (QED) is 0.705. The van der Waals surface area contributed by atoms with Crippen LogP contribution in [-0.2, 0) is 6.54 Å². The van der Waals surface area contributed by atoms with Gasteiger partial charge in [0, 0.05) is 12.1 Å². The number of halogens is 1. The molecule has 0 spiro atoms. The van der Waals surface area contributed by atoms with Gasteiger partial charge in [-0.05, 0) is 19.4 Å². The van der Waals surface area contributed by atoms with E-state index in [-0.39, 0.29) is 19.0 Å². The van der Waals surface area contributed by atoms with Gasteiger partial charge in [0.2, 0.25) is 0 Å². The summed E-state index contributed by atoms with van der Waals surface area (Å²) >= 11 is 0. The Morgan fingerprint density at radius 1 is 1.29 bits per heavy atom. The molecule has 0 aliphatic rings. The summed E-state index contributed by atoms with van der Waals surface area (Å²) in [4.78, 5) is 0. The van der Waals surface area contributed by atoms with E-state index in [1.807, 2.05) is 13.8 Å². The van der Waals surface area contributed by atoms with Gasteiger partial charge < -0.3 is 15.5 Å². The lowest BCUT2D eigenvalue weighted by atomic mass is 9.98. The maximum Gasteiger partial charge on any atom is 0.127 e. The Bertz CT molecular complexity index is 356. The molecular weight excluding hydrogens is 221 g/mol. The van der Waals surface area contributed by atoms with Crippen LogP contribution in [0.2, 0.25) is 0 Å². The molecule has 3 nitrogen and oxygen atoms in total. The van der Waals surface area contributed by atoms with Gasteiger partial charge >= 0.3 is 0 Å². The van der Waals surface area contributed by atoms with Gasteiger partial charge in [-0.1, -0.05) is 24.6 Å². The highest BCUT2D eigenvalue weighted by atomic mass is 19.1. The average molecular weight is 241 g/mol. The van der Waals surface area contributed by atoms with E-state index in [0.717, 1.165) is 5.56 Å². The first-order chi connectivity index (χ1) is 8.06. The summed E-state index contributed by atoms with van der Waals surface area (Å²) < 4.78 is 13.5. The molecule has 0 atom stereocenters. The zero-order chi connectivity index (χ0) is 12.9. The average Bonchev–Trinajstić information content (AvgIpc) is 2.35. The standard InChI is InChI=1S/C13H20FNO2/c1-3-13(8-16,9-17)15-7-11-6-10(2)4-5-12(11)14/h4-6,15-17H,3,7-9H2,1-2H3. The number of hydrogen-bond donors (Lipinski definition) is 3. The minimum Gasteiger partial charge on any atom is -0.394 e. The van der Waals surface area contributed by atoms with Crippen LogP contribution in [0.5, 0.6) is 0 Å². The van der Waals surface area contributed by atoms with Crippen molar-refractivity contribution in [2.24, 2.45) is 0 Å². The Labute approximate surface area is 101 Å². The predicted octanol–water partition coefficient (Wildman–Crippen LogP) is 1.36. The van der Waals surface area contributed by atoms with Gasteiger partial charge in [-0.25, -0.2) is 4.39 Å². The zero-order valence-electron chi connectivity index (χ0n) is 10.3. The fourth-order valence-electron chi connectivity index (χ4n) is 1.63. The third-order valence-electron chi connectivity index (χ3n) is 3.14. The first kappa shape index (κ1) is 14.1. The Hall–Kier alpha value is -0.970. The molecule has 0 saturated heterocycles. The first-order valence-corrected chi connectivity index (χ1v) is 5.78. The van der Waals surface area contributed by atoms with Gasteiger partial charge in [0.15, 0.2) is 0 Å². The van der Waals surface area contributed by atoms with Crippen LogP contribution < -0.4 is 5.32 Å². The molecule has 17 heavy (non-hydrogen) atoms. The summed E-state index contributed by atoms with van der Waals surface area (Å²) in [6, 6.07) is 4.90. The summed E-state index contributed by atoms with van der Waals surface area (Å²) in [5.41, 5.74) is 0.791. The first-order valence-electron chi connectivity index (χ1n) is 5.78. The second-order valence-corrected chi connectivity index (χ2v) is 4.40. The lowest BCUT2D eigenvalue weighted by Crippen LogP contribution is -2.50. The highest BCUT2D eigenvalue weighted by Gasteiger charge is 2.25. The number of aryl methyl sites for hydroxylation is 1. The van der Waals surface area contributed by atoms with Gasteiger partial charge in [0.05, 0.1) is 18.8 Å². The van der Waals surface area contributed by atoms with E-state index in [9.17, 15) is 14.6 Å². The summed E-state index contributed by atoms with van der Waals surface area (Å²) in [6.07, 6.45) is 0.577. The SMILES string of the molecule is CCC(CO)(CO)NCc1cc(C)ccc1F. The predicted molar refractivity (Wildman–Crippen MR) is 65.2 cm³/mol. The lowest BCUT2D eigenvalue weighted by molar-refractivity contribution is 0.0861. The second kappa shape index (κ2) is 6.10. The zero-order valence-corrected chi connectivity index (χ0v) is 10.3. The molecule has 0 saturated carbocycles. The molecule has 0 heterocycles. The van der Waals surface area contributed by atoms with E-state index in [4.69, 9.17) is 0 Å². The van der Waals surface area contributed by atoms with Crippen LogP contribution in [0.3, 0.4) is 0 Å². The van der Waals surface area contributed by atoms with Crippen molar-refractivity contribution in [2.75, 3.05) is 13.2 Å². The van der Waals surface area contributed by atoms with Crippen molar-refractivity contribution in [1.29, 1.82) is 0 Å². The van der Waals surface area contributed by atoms with E-state index >= 15 is 0 Å². The van der Waals surface area contributed by atoms with Gasteiger partial charge in [-0.3, -0.25) is 0 Å². The van der Waals surface area contributed by atoms with Crippen LogP contribution in [0, 0.1) is 12.7 Å². The van der Waals surface area contributed by atoms with E-state index in [1.54, 1.807) is 12.1 Å². The largest absolute Gasteiger partial charge is 0.394 e. The van der Waals surface area contributed by atoms with Crippen LogP contribution in [0.4, 0.5) is 4.39 Å². The molecule has 0 aromatic heterocycles. The van der Waals surface area contributed by atoms with Gasteiger partial charge in [-0.2, -0.15) is 0 Å². The van der Waals surface area contributed by atoms with Gasteiger partial charge in [0.1, 0.15) is 5.82 Å². The molecule has 0 amide bonds. The van der Waals surface area contributed by atoms with E-state index < -0.39 is 5.54 Å². The van der Waals surface area contributed by atoms with Crippen LogP contribution in [0.25, 0.3) is 0 Å². The summed E-state index contributed by atoms with van der Waals surface area (Å²) in [5.74, 6) is -0.274. The highest BCUT2D eigenvalue weighted by Crippen LogP contribution is 2.13. The van der Waals surface area contributed by atoms with Crippen LogP contribution in [0.15, 0.2) is 18.2 Å². The molecule has 0 unspecified atom stereocenters. The Morgan fingerprint density at radius 3 is 2.47 bits per heavy atom. The number of aliphatic hydroxyl groups excluding tert-OH is 2. The van der Waals surface area contributed by atoms with Gasteiger partial charge in [-0.15, -0.1) is 0 Å². The number of rotatable bonds is 6. The minimum atomic E-state index is -0.740. The second-order valence-electron chi connectivity index (χ2n) is 4.40. The molecule has 0 aliphatic heterocycles. The van der Waals surface area contributed by atoms with Crippen LogP contribution >= 0.6 is 0 Å². The number of hydrogen-bond acceptors (Lipinski definition) is 3. The molecule has 1 aromatic rings.